The van der Waals surface area contributed by atoms with Crippen LogP contribution in [0.1, 0.15) is 5.56 Å². The molecule has 0 unspecified atom stereocenters. The van der Waals surface area contributed by atoms with E-state index in [1.807, 2.05) is 59.1 Å². The zero-order valence-corrected chi connectivity index (χ0v) is 16.4. The van der Waals surface area contributed by atoms with E-state index in [1.165, 1.54) is 0 Å². The lowest BCUT2D eigenvalue weighted by Crippen LogP contribution is -2.49. The zero-order chi connectivity index (χ0) is 18.9. The van der Waals surface area contributed by atoms with E-state index in [0.717, 1.165) is 11.2 Å². The van der Waals surface area contributed by atoms with E-state index in [2.05, 4.69) is 10.00 Å². The molecule has 4 rings (SSSR count). The molecule has 0 amide bonds. The van der Waals surface area contributed by atoms with Gasteiger partial charge in [0, 0.05) is 32.4 Å². The number of hydrogen-bond acceptors (Lipinski definition) is 5. The second-order valence-electron chi connectivity index (χ2n) is 6.61. The van der Waals surface area contributed by atoms with Gasteiger partial charge < -0.3 is 0 Å². The van der Waals surface area contributed by atoms with Gasteiger partial charge in [0.1, 0.15) is 0 Å². The molecule has 0 aliphatic carbocycles. The largest absolute Gasteiger partial charge is 0.282 e. The smallest absolute Gasteiger partial charge is 0.218 e. The third kappa shape index (κ3) is 3.96. The van der Waals surface area contributed by atoms with Gasteiger partial charge in [-0.05, 0) is 29.9 Å². The second-order valence-corrected chi connectivity index (χ2v) is 8.95. The highest BCUT2D eigenvalue weighted by atomic mass is 32.2. The average molecular weight is 404 g/mol. The number of pyridine rings is 1. The van der Waals surface area contributed by atoms with E-state index in [4.69, 9.17) is 12.2 Å². The summed E-state index contributed by atoms with van der Waals surface area (Å²) < 4.78 is 31.2. The standard InChI is InChI=1S/C18H21N5O2S2/c24-27(25,14-16-6-2-1-3-7-16)21-12-10-20(11-13-21)15-23-18(26)22-9-5-4-8-17(22)19-23/h1-9H,10-15H2. The molecule has 0 spiro atoms. The monoisotopic (exact) mass is 403 g/mol. The number of nitrogens with zero attached hydrogens (tertiary/aromatic N) is 5. The van der Waals surface area contributed by atoms with Crippen molar-refractivity contribution in [2.24, 2.45) is 0 Å². The number of aromatic nitrogens is 3. The lowest BCUT2D eigenvalue weighted by Gasteiger charge is -2.33. The maximum atomic E-state index is 12.7. The summed E-state index contributed by atoms with van der Waals surface area (Å²) in [6, 6.07) is 15.1. The number of piperazine rings is 1. The topological polar surface area (TPSA) is 62.9 Å². The second kappa shape index (κ2) is 7.51. The van der Waals surface area contributed by atoms with Gasteiger partial charge in [0.05, 0.1) is 12.4 Å². The van der Waals surface area contributed by atoms with Crippen LogP contribution < -0.4 is 0 Å². The number of hydrogen-bond donors (Lipinski definition) is 0. The lowest BCUT2D eigenvalue weighted by atomic mass is 10.2. The van der Waals surface area contributed by atoms with Crippen molar-refractivity contribution in [1.82, 2.24) is 23.4 Å². The average Bonchev–Trinajstić information content (AvgIpc) is 2.99. The quantitative estimate of drug-likeness (QED) is 0.610. The molecule has 27 heavy (non-hydrogen) atoms. The van der Waals surface area contributed by atoms with Crippen molar-refractivity contribution in [2.75, 3.05) is 26.2 Å². The summed E-state index contributed by atoms with van der Waals surface area (Å²) in [7, 11) is -3.30. The van der Waals surface area contributed by atoms with E-state index >= 15 is 0 Å². The number of fused-ring (bicyclic) bond motifs is 1. The van der Waals surface area contributed by atoms with Gasteiger partial charge in [0.15, 0.2) is 5.65 Å². The van der Waals surface area contributed by atoms with Crippen molar-refractivity contribution >= 4 is 27.9 Å². The lowest BCUT2D eigenvalue weighted by molar-refractivity contribution is 0.145. The SMILES string of the molecule is O=S(=O)(Cc1ccccc1)N1CCN(Cn2nc3ccccn3c2=S)CC1. The van der Waals surface area contributed by atoms with E-state index in [1.54, 1.807) is 8.99 Å². The van der Waals surface area contributed by atoms with Gasteiger partial charge >= 0.3 is 0 Å². The molecule has 0 bridgehead atoms. The predicted octanol–water partition coefficient (Wildman–Crippen LogP) is 1.97. The fourth-order valence-corrected chi connectivity index (χ4v) is 5.04. The molecule has 0 atom stereocenters. The van der Waals surface area contributed by atoms with Crippen LogP contribution in [0, 0.1) is 4.77 Å². The van der Waals surface area contributed by atoms with Gasteiger partial charge in [0.2, 0.25) is 14.8 Å². The van der Waals surface area contributed by atoms with Crippen LogP contribution in [-0.4, -0.2) is 58.0 Å². The third-order valence-corrected chi connectivity index (χ3v) is 7.00. The van der Waals surface area contributed by atoms with E-state index < -0.39 is 10.0 Å². The van der Waals surface area contributed by atoms with Crippen LogP contribution in [0.4, 0.5) is 0 Å². The minimum absolute atomic E-state index is 0.0470. The van der Waals surface area contributed by atoms with Crippen LogP contribution in [0.15, 0.2) is 54.7 Å². The molecule has 1 aromatic carbocycles. The van der Waals surface area contributed by atoms with Crippen molar-refractivity contribution in [3.05, 3.63) is 65.1 Å². The van der Waals surface area contributed by atoms with Crippen LogP contribution in [0.2, 0.25) is 0 Å². The Hall–Kier alpha value is -2.07. The van der Waals surface area contributed by atoms with Crippen molar-refractivity contribution < 1.29 is 8.42 Å². The Morgan fingerprint density at radius 2 is 1.67 bits per heavy atom. The summed E-state index contributed by atoms with van der Waals surface area (Å²) in [6.45, 7) is 2.84. The Labute approximate surface area is 163 Å². The van der Waals surface area contributed by atoms with Crippen molar-refractivity contribution in [3.8, 4) is 0 Å². The Balaban J connectivity index is 1.40. The zero-order valence-electron chi connectivity index (χ0n) is 14.8. The fraction of sp³-hybridized carbons (Fsp3) is 0.333. The summed E-state index contributed by atoms with van der Waals surface area (Å²) >= 11 is 5.48. The maximum absolute atomic E-state index is 12.7. The highest BCUT2D eigenvalue weighted by Gasteiger charge is 2.27. The van der Waals surface area contributed by atoms with E-state index in [-0.39, 0.29) is 5.75 Å². The van der Waals surface area contributed by atoms with Gasteiger partial charge in [-0.2, -0.15) is 9.40 Å². The van der Waals surface area contributed by atoms with Crippen LogP contribution in [0.25, 0.3) is 5.65 Å². The molecule has 1 fully saturated rings. The molecule has 142 valence electrons. The summed E-state index contributed by atoms with van der Waals surface area (Å²) in [5.74, 6) is 0.0470. The molecule has 0 radical (unpaired) electrons. The molecule has 1 aliphatic heterocycles. The maximum Gasteiger partial charge on any atom is 0.218 e. The Morgan fingerprint density at radius 3 is 2.37 bits per heavy atom. The first kappa shape index (κ1) is 18.3. The minimum atomic E-state index is -3.30. The first-order valence-corrected chi connectivity index (χ1v) is 10.8. The molecule has 9 heteroatoms. The van der Waals surface area contributed by atoms with Gasteiger partial charge in [0.25, 0.3) is 0 Å². The molecule has 0 N–H and O–H groups in total. The van der Waals surface area contributed by atoms with Crippen LogP contribution in [0.3, 0.4) is 0 Å². The fourth-order valence-electron chi connectivity index (χ4n) is 3.27. The van der Waals surface area contributed by atoms with Crippen LogP contribution >= 0.6 is 12.2 Å². The molecular formula is C18H21N5O2S2. The number of benzene rings is 1. The number of sulfonamides is 1. The predicted molar refractivity (Wildman–Crippen MR) is 106 cm³/mol. The molecule has 3 aromatic rings. The van der Waals surface area contributed by atoms with Gasteiger partial charge in [-0.1, -0.05) is 36.4 Å². The Bertz CT molecular complexity index is 1080. The van der Waals surface area contributed by atoms with Crippen LogP contribution in [-0.2, 0) is 22.4 Å². The Morgan fingerprint density at radius 1 is 0.963 bits per heavy atom. The van der Waals surface area contributed by atoms with E-state index in [9.17, 15) is 8.42 Å². The normalized spacial score (nSPS) is 16.7. The first-order chi connectivity index (χ1) is 13.0. The molecule has 7 nitrogen and oxygen atoms in total. The first-order valence-electron chi connectivity index (χ1n) is 8.81. The molecule has 1 saturated heterocycles. The van der Waals surface area contributed by atoms with Gasteiger partial charge in [-0.3, -0.25) is 9.30 Å². The Kier molecular flexibility index (Phi) is 5.09. The third-order valence-electron chi connectivity index (χ3n) is 4.74. The minimum Gasteiger partial charge on any atom is -0.282 e. The highest BCUT2D eigenvalue weighted by Crippen LogP contribution is 2.14. The molecule has 1 aliphatic rings. The van der Waals surface area contributed by atoms with Gasteiger partial charge in [-0.25, -0.2) is 13.1 Å². The number of rotatable bonds is 5. The molecule has 0 saturated carbocycles. The molecule has 3 heterocycles. The summed E-state index contributed by atoms with van der Waals surface area (Å²) in [5, 5.41) is 4.53. The van der Waals surface area contributed by atoms with E-state index in [0.29, 0.717) is 37.6 Å². The molecular weight excluding hydrogens is 382 g/mol. The van der Waals surface area contributed by atoms with Crippen molar-refractivity contribution in [2.45, 2.75) is 12.4 Å². The summed E-state index contributed by atoms with van der Waals surface area (Å²) in [5.41, 5.74) is 1.63. The van der Waals surface area contributed by atoms with Crippen LogP contribution in [0.5, 0.6) is 0 Å². The summed E-state index contributed by atoms with van der Waals surface area (Å²) in [4.78, 5) is 2.18. The molecule has 2 aromatic heterocycles. The highest BCUT2D eigenvalue weighted by molar-refractivity contribution is 7.88. The van der Waals surface area contributed by atoms with Crippen molar-refractivity contribution in [1.29, 1.82) is 0 Å². The van der Waals surface area contributed by atoms with Crippen molar-refractivity contribution in [3.63, 3.8) is 0 Å². The summed E-state index contributed by atoms with van der Waals surface area (Å²) in [6.07, 6.45) is 1.90. The van der Waals surface area contributed by atoms with Gasteiger partial charge in [-0.15, -0.1) is 0 Å².